The highest BCUT2D eigenvalue weighted by Crippen LogP contribution is 2.10. The van der Waals surface area contributed by atoms with Crippen molar-refractivity contribution in [3.8, 4) is 0 Å². The van der Waals surface area contributed by atoms with E-state index in [1.807, 2.05) is 6.92 Å². The molecule has 0 atom stereocenters. The summed E-state index contributed by atoms with van der Waals surface area (Å²) >= 11 is 4.98. The van der Waals surface area contributed by atoms with Gasteiger partial charge in [-0.3, -0.25) is 9.52 Å². The monoisotopic (exact) mass is 315 g/mol. The third-order valence-electron chi connectivity index (χ3n) is 2.43. The molecular weight excluding hydrogens is 298 g/mol. The SMILES string of the molecule is CC(=O)OCCCC(=S)NS(=O)(=O)c1ccc(C)cc1. The summed E-state index contributed by atoms with van der Waals surface area (Å²) in [4.78, 5) is 10.9. The molecule has 1 aromatic carbocycles. The van der Waals surface area contributed by atoms with Gasteiger partial charge in [-0.05, 0) is 25.5 Å². The van der Waals surface area contributed by atoms with Gasteiger partial charge in [-0.1, -0.05) is 29.9 Å². The molecule has 0 aliphatic rings. The molecule has 0 saturated carbocycles. The maximum Gasteiger partial charge on any atom is 0.302 e. The van der Waals surface area contributed by atoms with Crippen LogP contribution in [-0.2, 0) is 19.6 Å². The van der Waals surface area contributed by atoms with Crippen LogP contribution in [0.5, 0.6) is 0 Å². The molecular formula is C13H17NO4S2. The molecule has 110 valence electrons. The Morgan fingerprint density at radius 3 is 2.45 bits per heavy atom. The van der Waals surface area contributed by atoms with Crippen molar-refractivity contribution in [2.75, 3.05) is 6.61 Å². The van der Waals surface area contributed by atoms with Gasteiger partial charge in [0, 0.05) is 13.3 Å². The minimum absolute atomic E-state index is 0.172. The Hall–Kier alpha value is -1.47. The molecule has 0 spiro atoms. The average molecular weight is 315 g/mol. The summed E-state index contributed by atoms with van der Waals surface area (Å²) in [5, 5.41) is 0. The van der Waals surface area contributed by atoms with E-state index in [9.17, 15) is 13.2 Å². The molecule has 0 aliphatic heterocycles. The normalized spacial score (nSPS) is 10.9. The zero-order valence-corrected chi connectivity index (χ0v) is 13.0. The van der Waals surface area contributed by atoms with Crippen LogP contribution in [0.25, 0.3) is 0 Å². The maximum atomic E-state index is 12.0. The second-order valence-corrected chi connectivity index (χ2v) is 6.46. The van der Waals surface area contributed by atoms with E-state index in [4.69, 9.17) is 17.0 Å². The van der Waals surface area contributed by atoms with Crippen molar-refractivity contribution >= 4 is 33.2 Å². The Balaban J connectivity index is 2.52. The number of hydrogen-bond donors (Lipinski definition) is 1. The van der Waals surface area contributed by atoms with Crippen molar-refractivity contribution < 1.29 is 17.9 Å². The molecule has 1 N–H and O–H groups in total. The maximum absolute atomic E-state index is 12.0. The van der Waals surface area contributed by atoms with Gasteiger partial charge in [0.1, 0.15) is 0 Å². The number of carbonyl (C=O) groups is 1. The van der Waals surface area contributed by atoms with Gasteiger partial charge in [0.15, 0.2) is 0 Å². The van der Waals surface area contributed by atoms with E-state index in [2.05, 4.69) is 4.72 Å². The number of thiocarbonyl (C=S) groups is 1. The van der Waals surface area contributed by atoms with Gasteiger partial charge < -0.3 is 4.74 Å². The smallest absolute Gasteiger partial charge is 0.302 e. The lowest BCUT2D eigenvalue weighted by Gasteiger charge is -2.09. The van der Waals surface area contributed by atoms with Gasteiger partial charge >= 0.3 is 5.97 Å². The Morgan fingerprint density at radius 1 is 1.30 bits per heavy atom. The van der Waals surface area contributed by atoms with Gasteiger partial charge in [-0.15, -0.1) is 0 Å². The summed E-state index contributed by atoms with van der Waals surface area (Å²) in [5.74, 6) is -0.365. The number of carbonyl (C=O) groups excluding carboxylic acids is 1. The first-order valence-corrected chi connectivity index (χ1v) is 7.96. The first kappa shape index (κ1) is 16.6. The highest BCUT2D eigenvalue weighted by molar-refractivity contribution is 7.91. The molecule has 1 aromatic rings. The molecule has 0 aromatic heterocycles. The van der Waals surface area contributed by atoms with Crippen LogP contribution in [0.15, 0.2) is 29.2 Å². The Morgan fingerprint density at radius 2 is 1.90 bits per heavy atom. The number of rotatable bonds is 6. The third-order valence-corrected chi connectivity index (χ3v) is 4.28. The van der Waals surface area contributed by atoms with Crippen LogP contribution in [-0.4, -0.2) is 26.0 Å². The van der Waals surface area contributed by atoms with Crippen LogP contribution in [0.4, 0.5) is 0 Å². The summed E-state index contributed by atoms with van der Waals surface area (Å²) in [5.41, 5.74) is 0.980. The lowest BCUT2D eigenvalue weighted by Crippen LogP contribution is -2.29. The van der Waals surface area contributed by atoms with E-state index >= 15 is 0 Å². The molecule has 0 saturated heterocycles. The van der Waals surface area contributed by atoms with Crippen molar-refractivity contribution in [3.05, 3.63) is 29.8 Å². The number of aryl methyl sites for hydroxylation is 1. The van der Waals surface area contributed by atoms with Crippen molar-refractivity contribution in [1.82, 2.24) is 4.72 Å². The van der Waals surface area contributed by atoms with Gasteiger partial charge in [0.25, 0.3) is 10.0 Å². The van der Waals surface area contributed by atoms with E-state index in [1.165, 1.54) is 19.1 Å². The van der Waals surface area contributed by atoms with Crippen LogP contribution in [0.2, 0.25) is 0 Å². The predicted octanol–water partition coefficient (Wildman–Crippen LogP) is 1.94. The molecule has 0 bridgehead atoms. The molecule has 7 heteroatoms. The summed E-state index contributed by atoms with van der Waals surface area (Å²) < 4.78 is 31.1. The fourth-order valence-corrected chi connectivity index (χ4v) is 2.91. The highest BCUT2D eigenvalue weighted by Gasteiger charge is 2.14. The number of hydrogen-bond acceptors (Lipinski definition) is 5. The Kier molecular flexibility index (Phi) is 6.09. The lowest BCUT2D eigenvalue weighted by molar-refractivity contribution is -0.141. The van der Waals surface area contributed by atoms with E-state index < -0.39 is 10.0 Å². The zero-order valence-electron chi connectivity index (χ0n) is 11.4. The predicted molar refractivity (Wildman–Crippen MR) is 80.0 cm³/mol. The first-order valence-electron chi connectivity index (χ1n) is 6.07. The standard InChI is InChI=1S/C13H17NO4S2/c1-10-5-7-12(8-6-10)20(16,17)14-13(19)4-3-9-18-11(2)15/h5-8H,3-4,9H2,1-2H3,(H,14,19). The van der Waals surface area contributed by atoms with E-state index in [1.54, 1.807) is 12.1 Å². The number of benzene rings is 1. The summed E-state index contributed by atoms with van der Waals surface area (Å²) in [6, 6.07) is 6.49. The Bertz CT molecular complexity index is 579. The molecule has 0 heterocycles. The number of nitrogens with one attached hydrogen (secondary N) is 1. The van der Waals surface area contributed by atoms with Crippen LogP contribution >= 0.6 is 12.2 Å². The quantitative estimate of drug-likeness (QED) is 0.493. The van der Waals surface area contributed by atoms with Crippen molar-refractivity contribution in [2.24, 2.45) is 0 Å². The fraction of sp³-hybridized carbons (Fsp3) is 0.385. The second kappa shape index (κ2) is 7.35. The fourth-order valence-electron chi connectivity index (χ4n) is 1.43. The topological polar surface area (TPSA) is 72.5 Å². The van der Waals surface area contributed by atoms with Crippen LogP contribution in [0, 0.1) is 6.92 Å². The van der Waals surface area contributed by atoms with Gasteiger partial charge in [0.05, 0.1) is 16.5 Å². The number of sulfonamides is 1. The first-order chi connectivity index (χ1) is 9.31. The van der Waals surface area contributed by atoms with E-state index in [-0.39, 0.29) is 22.5 Å². The molecule has 0 aliphatic carbocycles. The van der Waals surface area contributed by atoms with Gasteiger partial charge in [-0.25, -0.2) is 8.42 Å². The molecule has 20 heavy (non-hydrogen) atoms. The molecule has 0 radical (unpaired) electrons. The minimum atomic E-state index is -3.63. The van der Waals surface area contributed by atoms with E-state index in [0.29, 0.717) is 12.8 Å². The Labute approximate surface area is 124 Å². The number of ether oxygens (including phenoxy) is 1. The minimum Gasteiger partial charge on any atom is -0.466 e. The van der Waals surface area contributed by atoms with Crippen LogP contribution in [0.1, 0.15) is 25.3 Å². The van der Waals surface area contributed by atoms with E-state index in [0.717, 1.165) is 5.56 Å². The molecule has 1 rings (SSSR count). The second-order valence-electron chi connectivity index (χ2n) is 4.29. The molecule has 5 nitrogen and oxygen atoms in total. The molecule has 0 unspecified atom stereocenters. The summed E-state index contributed by atoms with van der Waals surface area (Å²) in [7, 11) is -3.63. The largest absolute Gasteiger partial charge is 0.466 e. The van der Waals surface area contributed by atoms with Crippen LogP contribution in [0.3, 0.4) is 0 Å². The zero-order chi connectivity index (χ0) is 15.2. The highest BCUT2D eigenvalue weighted by atomic mass is 32.2. The molecule has 0 fully saturated rings. The summed E-state index contributed by atoms with van der Waals surface area (Å²) in [6.45, 7) is 3.42. The van der Waals surface area contributed by atoms with Gasteiger partial charge in [0.2, 0.25) is 0 Å². The summed E-state index contributed by atoms with van der Waals surface area (Å²) in [6.07, 6.45) is 0.822. The lowest BCUT2D eigenvalue weighted by atomic mass is 10.2. The third kappa shape index (κ3) is 5.66. The van der Waals surface area contributed by atoms with Gasteiger partial charge in [-0.2, -0.15) is 0 Å². The number of esters is 1. The van der Waals surface area contributed by atoms with Crippen LogP contribution < -0.4 is 4.72 Å². The van der Waals surface area contributed by atoms with Crippen molar-refractivity contribution in [2.45, 2.75) is 31.6 Å². The average Bonchev–Trinajstić information content (AvgIpc) is 2.34. The van der Waals surface area contributed by atoms with Crippen molar-refractivity contribution in [3.63, 3.8) is 0 Å². The molecule has 0 amide bonds. The van der Waals surface area contributed by atoms with Crippen molar-refractivity contribution in [1.29, 1.82) is 0 Å².